The average Bonchev–Trinajstić information content (AvgIpc) is 2.37. The molecule has 4 fully saturated rings. The van der Waals surface area contributed by atoms with E-state index in [4.69, 9.17) is 5.26 Å². The molecule has 1 aromatic rings. The summed E-state index contributed by atoms with van der Waals surface area (Å²) >= 11 is 0. The highest BCUT2D eigenvalue weighted by molar-refractivity contribution is 5.31. The largest absolute Gasteiger partial charge is 0.232 e. The zero-order valence-corrected chi connectivity index (χ0v) is 11.4. The topological polar surface area (TPSA) is 49.6 Å². The summed E-state index contributed by atoms with van der Waals surface area (Å²) in [5.41, 5.74) is 2.65. The Hall–Kier alpha value is -1.43. The standard InChI is InChI=1S/C16H19N3/c1-10-9-18-14(8-17)19-15(10)16-5-11-2-12(6-16)4-13(3-11)7-16/h9,11-13H,2-7H2,1H3. The lowest BCUT2D eigenvalue weighted by atomic mass is 9.48. The van der Waals surface area contributed by atoms with Gasteiger partial charge >= 0.3 is 0 Å². The molecule has 0 aliphatic heterocycles. The Labute approximate surface area is 114 Å². The molecule has 0 N–H and O–H groups in total. The lowest BCUT2D eigenvalue weighted by molar-refractivity contribution is -0.00760. The van der Waals surface area contributed by atoms with Crippen LogP contribution in [0.3, 0.4) is 0 Å². The first-order valence-electron chi connectivity index (χ1n) is 7.43. The minimum absolute atomic E-state index is 0.271. The summed E-state index contributed by atoms with van der Waals surface area (Å²) in [5, 5.41) is 9.06. The smallest absolute Gasteiger partial charge is 0.227 e. The van der Waals surface area contributed by atoms with E-state index >= 15 is 0 Å². The Morgan fingerprint density at radius 2 is 1.74 bits per heavy atom. The van der Waals surface area contributed by atoms with E-state index in [0.29, 0.717) is 5.82 Å². The molecule has 4 saturated carbocycles. The third-order valence-electron chi connectivity index (χ3n) is 5.61. The summed E-state index contributed by atoms with van der Waals surface area (Å²) in [7, 11) is 0. The van der Waals surface area contributed by atoms with Crippen LogP contribution in [-0.2, 0) is 5.41 Å². The van der Waals surface area contributed by atoms with Gasteiger partial charge in [0.2, 0.25) is 5.82 Å². The van der Waals surface area contributed by atoms with Gasteiger partial charge in [-0.15, -0.1) is 0 Å². The number of hydrogen-bond acceptors (Lipinski definition) is 3. The predicted octanol–water partition coefficient (Wildman–Crippen LogP) is 3.12. The van der Waals surface area contributed by atoms with Crippen molar-refractivity contribution < 1.29 is 0 Å². The van der Waals surface area contributed by atoms with Crippen molar-refractivity contribution in [3.8, 4) is 6.07 Å². The normalized spacial score (nSPS) is 39.3. The van der Waals surface area contributed by atoms with E-state index in [1.54, 1.807) is 0 Å². The van der Waals surface area contributed by atoms with Crippen molar-refractivity contribution in [1.29, 1.82) is 5.26 Å². The molecule has 3 heteroatoms. The summed E-state index contributed by atoms with van der Waals surface area (Å²) in [6.45, 7) is 2.11. The van der Waals surface area contributed by atoms with Crippen LogP contribution in [0.4, 0.5) is 0 Å². The molecule has 98 valence electrons. The molecule has 0 atom stereocenters. The van der Waals surface area contributed by atoms with Gasteiger partial charge in [-0.05, 0) is 68.8 Å². The monoisotopic (exact) mass is 253 g/mol. The molecule has 0 amide bonds. The third kappa shape index (κ3) is 1.62. The Balaban J connectivity index is 1.81. The Bertz CT molecular complexity index is 535. The van der Waals surface area contributed by atoms with E-state index < -0.39 is 0 Å². The van der Waals surface area contributed by atoms with E-state index in [1.165, 1.54) is 49.8 Å². The lowest BCUT2D eigenvalue weighted by Gasteiger charge is -2.56. The fraction of sp³-hybridized carbons (Fsp3) is 0.688. The van der Waals surface area contributed by atoms with Gasteiger partial charge in [0.1, 0.15) is 6.07 Å². The second kappa shape index (κ2) is 3.79. The number of nitrogens with zero attached hydrogens (tertiary/aromatic N) is 3. The van der Waals surface area contributed by atoms with Gasteiger partial charge in [-0.1, -0.05) is 0 Å². The SMILES string of the molecule is Cc1cnc(C#N)nc1C12CC3CC(CC(C3)C1)C2. The molecule has 1 aromatic heterocycles. The van der Waals surface area contributed by atoms with Crippen molar-refractivity contribution in [3.63, 3.8) is 0 Å². The van der Waals surface area contributed by atoms with E-state index in [9.17, 15) is 0 Å². The van der Waals surface area contributed by atoms with Crippen LogP contribution in [0.25, 0.3) is 0 Å². The van der Waals surface area contributed by atoms with Gasteiger partial charge in [-0.25, -0.2) is 9.97 Å². The first-order valence-corrected chi connectivity index (χ1v) is 7.43. The number of aromatic nitrogens is 2. The molecule has 1 heterocycles. The summed E-state index contributed by atoms with van der Waals surface area (Å²) in [5.74, 6) is 3.07. The van der Waals surface area contributed by atoms with E-state index in [0.717, 1.165) is 17.8 Å². The summed E-state index contributed by atoms with van der Waals surface area (Å²) in [6, 6.07) is 2.10. The molecule has 0 unspecified atom stereocenters. The quantitative estimate of drug-likeness (QED) is 0.772. The minimum Gasteiger partial charge on any atom is -0.227 e. The second-order valence-corrected chi connectivity index (χ2v) is 7.03. The van der Waals surface area contributed by atoms with E-state index in [1.807, 2.05) is 6.20 Å². The number of aryl methyl sites for hydroxylation is 1. The van der Waals surface area contributed by atoms with Gasteiger partial charge in [0.05, 0.1) is 5.69 Å². The number of nitriles is 1. The van der Waals surface area contributed by atoms with Crippen molar-refractivity contribution in [2.75, 3.05) is 0 Å². The third-order valence-corrected chi connectivity index (χ3v) is 5.61. The van der Waals surface area contributed by atoms with Gasteiger partial charge in [0.15, 0.2) is 0 Å². The molecule has 3 nitrogen and oxygen atoms in total. The summed E-state index contributed by atoms with van der Waals surface area (Å²) in [6.07, 6.45) is 10.0. The summed E-state index contributed by atoms with van der Waals surface area (Å²) in [4.78, 5) is 8.72. The maximum atomic E-state index is 9.06. The van der Waals surface area contributed by atoms with Gasteiger partial charge < -0.3 is 0 Å². The average molecular weight is 253 g/mol. The zero-order chi connectivity index (χ0) is 13.0. The van der Waals surface area contributed by atoms with Crippen molar-refractivity contribution >= 4 is 0 Å². The first-order chi connectivity index (χ1) is 9.18. The summed E-state index contributed by atoms with van der Waals surface area (Å²) < 4.78 is 0. The van der Waals surface area contributed by atoms with Crippen molar-refractivity contribution in [3.05, 3.63) is 23.3 Å². The Kier molecular flexibility index (Phi) is 2.27. The fourth-order valence-corrected chi connectivity index (χ4v) is 5.43. The van der Waals surface area contributed by atoms with Gasteiger partial charge in [0, 0.05) is 11.6 Å². The maximum absolute atomic E-state index is 9.06. The maximum Gasteiger partial charge on any atom is 0.232 e. The van der Waals surface area contributed by atoms with Crippen LogP contribution in [0, 0.1) is 36.0 Å². The number of hydrogen-bond donors (Lipinski definition) is 0. The van der Waals surface area contributed by atoms with Crippen molar-refractivity contribution in [1.82, 2.24) is 9.97 Å². The molecule has 5 rings (SSSR count). The Morgan fingerprint density at radius 3 is 2.26 bits per heavy atom. The van der Waals surface area contributed by atoms with Crippen LogP contribution in [-0.4, -0.2) is 9.97 Å². The van der Waals surface area contributed by atoms with Crippen LogP contribution in [0.5, 0.6) is 0 Å². The van der Waals surface area contributed by atoms with Crippen LogP contribution >= 0.6 is 0 Å². The molecule has 4 aliphatic rings. The first kappa shape index (κ1) is 11.4. The molecular weight excluding hydrogens is 234 g/mol. The molecule has 0 aromatic carbocycles. The van der Waals surface area contributed by atoms with Gasteiger partial charge in [0.25, 0.3) is 0 Å². The van der Waals surface area contributed by atoms with Gasteiger partial charge in [-0.2, -0.15) is 5.26 Å². The van der Waals surface area contributed by atoms with Crippen LogP contribution in [0.15, 0.2) is 6.20 Å². The molecule has 0 spiro atoms. The second-order valence-electron chi connectivity index (χ2n) is 7.03. The highest BCUT2D eigenvalue weighted by atomic mass is 14.9. The molecule has 4 bridgehead atoms. The molecule has 4 aliphatic carbocycles. The van der Waals surface area contributed by atoms with Gasteiger partial charge in [-0.3, -0.25) is 0 Å². The lowest BCUT2D eigenvalue weighted by Crippen LogP contribution is -2.49. The fourth-order valence-electron chi connectivity index (χ4n) is 5.43. The molecule has 0 saturated heterocycles. The molecule has 0 radical (unpaired) electrons. The molecular formula is C16H19N3. The Morgan fingerprint density at radius 1 is 1.16 bits per heavy atom. The van der Waals surface area contributed by atoms with Crippen molar-refractivity contribution in [2.24, 2.45) is 17.8 Å². The van der Waals surface area contributed by atoms with E-state index in [-0.39, 0.29) is 5.41 Å². The van der Waals surface area contributed by atoms with Crippen LogP contribution in [0.2, 0.25) is 0 Å². The predicted molar refractivity (Wildman–Crippen MR) is 71.3 cm³/mol. The zero-order valence-electron chi connectivity index (χ0n) is 11.4. The van der Waals surface area contributed by atoms with Crippen LogP contribution in [0.1, 0.15) is 55.6 Å². The highest BCUT2D eigenvalue weighted by Crippen LogP contribution is 2.60. The highest BCUT2D eigenvalue weighted by Gasteiger charge is 2.52. The van der Waals surface area contributed by atoms with Crippen LogP contribution < -0.4 is 0 Å². The van der Waals surface area contributed by atoms with E-state index in [2.05, 4.69) is 23.0 Å². The molecule has 19 heavy (non-hydrogen) atoms. The number of rotatable bonds is 1. The van der Waals surface area contributed by atoms with Crippen molar-refractivity contribution in [2.45, 2.75) is 50.9 Å². The minimum atomic E-state index is 0.271.